The van der Waals surface area contributed by atoms with Crippen molar-refractivity contribution < 1.29 is 13.9 Å². The van der Waals surface area contributed by atoms with Gasteiger partial charge in [0.15, 0.2) is 11.2 Å². The molecule has 0 radical (unpaired) electrons. The Kier molecular flexibility index (Phi) is 8.01. The third-order valence-electron chi connectivity index (χ3n) is 6.59. The molecule has 1 atom stereocenters. The predicted molar refractivity (Wildman–Crippen MR) is 148 cm³/mol. The summed E-state index contributed by atoms with van der Waals surface area (Å²) >= 11 is 0. The molecule has 4 rings (SSSR count). The van der Waals surface area contributed by atoms with E-state index in [9.17, 15) is 24.0 Å². The van der Waals surface area contributed by atoms with Crippen LogP contribution in [0.5, 0.6) is 0 Å². The lowest BCUT2D eigenvalue weighted by atomic mass is 10.1. The summed E-state index contributed by atoms with van der Waals surface area (Å²) in [6.45, 7) is 7.96. The highest BCUT2D eigenvalue weighted by Gasteiger charge is 2.29. The third kappa shape index (κ3) is 5.71. The van der Waals surface area contributed by atoms with Gasteiger partial charge in [0.25, 0.3) is 5.56 Å². The van der Waals surface area contributed by atoms with Gasteiger partial charge in [0.05, 0.1) is 18.7 Å². The maximum absolute atomic E-state index is 14.2. The number of fused-ring (bicyclic) bond motifs is 1. The number of aromatic nitrogens is 4. The van der Waals surface area contributed by atoms with Crippen molar-refractivity contribution >= 4 is 23.2 Å². The van der Waals surface area contributed by atoms with Crippen LogP contribution in [0.1, 0.15) is 51.7 Å². The van der Waals surface area contributed by atoms with Crippen molar-refractivity contribution in [2.24, 2.45) is 7.05 Å². The minimum Gasteiger partial charge on any atom is -0.444 e. The summed E-state index contributed by atoms with van der Waals surface area (Å²) in [5.74, 6) is 5.53. The maximum Gasteiger partial charge on any atom is 0.407 e. The number of rotatable bonds is 5. The van der Waals surface area contributed by atoms with Crippen LogP contribution >= 0.6 is 0 Å². The Labute approximate surface area is 230 Å². The highest BCUT2D eigenvalue weighted by atomic mass is 19.1. The van der Waals surface area contributed by atoms with Gasteiger partial charge in [-0.05, 0) is 52.2 Å². The Hall–Kier alpha value is -4.58. The second kappa shape index (κ2) is 11.3. The number of amides is 1. The van der Waals surface area contributed by atoms with Gasteiger partial charge in [-0.2, -0.15) is 10.2 Å². The molecule has 0 unspecified atom stereocenters. The summed E-state index contributed by atoms with van der Waals surface area (Å²) in [6, 6.07) is 5.68. The highest BCUT2D eigenvalue weighted by molar-refractivity contribution is 5.75. The highest BCUT2D eigenvalue weighted by Crippen LogP contribution is 2.24. The van der Waals surface area contributed by atoms with Gasteiger partial charge in [0.2, 0.25) is 5.95 Å². The van der Waals surface area contributed by atoms with Crippen molar-refractivity contribution in [2.75, 3.05) is 18.0 Å². The molecular weight excluding hydrogens is 517 g/mol. The zero-order valence-electron chi connectivity index (χ0n) is 23.2. The van der Waals surface area contributed by atoms with Gasteiger partial charge in [-0.25, -0.2) is 14.0 Å². The number of carbonyl (C=O) groups excluding carboxylic acids is 1. The predicted octanol–water partition coefficient (Wildman–Crippen LogP) is 2.47. The van der Waals surface area contributed by atoms with E-state index < -0.39 is 28.8 Å². The number of piperidine rings is 1. The van der Waals surface area contributed by atoms with E-state index >= 15 is 0 Å². The number of alkyl carbamates (subject to hydrolysis) is 1. The molecule has 3 heterocycles. The average molecular weight is 550 g/mol. The topological polar surface area (TPSA) is 127 Å². The van der Waals surface area contributed by atoms with Crippen LogP contribution in [0, 0.1) is 29.0 Å². The molecule has 1 saturated heterocycles. The quantitative estimate of drug-likeness (QED) is 0.485. The van der Waals surface area contributed by atoms with Crippen LogP contribution in [0.4, 0.5) is 15.1 Å². The van der Waals surface area contributed by atoms with Gasteiger partial charge >= 0.3 is 11.8 Å². The van der Waals surface area contributed by atoms with Gasteiger partial charge in [-0.15, -0.1) is 5.92 Å². The standard InChI is InChI=1S/C28H32FN7O4/c1-6-7-14-35-22-23(32-25(35)34-13-9-11-19(17-34)31-26(38)40-28(2,3)4)33(5)27(39)36(24(22)37)16-18-10-8-12-21(29)20(18)15-30/h8,10,12,19H,9,11,13-14,16-17H2,1-5H3,(H,31,38)/t19-/m1/s1. The van der Waals surface area contributed by atoms with E-state index in [1.165, 1.54) is 23.7 Å². The molecule has 12 heteroatoms. The number of hydrogen-bond acceptors (Lipinski definition) is 7. The van der Waals surface area contributed by atoms with Crippen molar-refractivity contribution in [2.45, 2.75) is 65.3 Å². The summed E-state index contributed by atoms with van der Waals surface area (Å²) in [5, 5.41) is 12.3. The Morgan fingerprint density at radius 1 is 1.27 bits per heavy atom. The van der Waals surface area contributed by atoms with Crippen molar-refractivity contribution in [3.05, 3.63) is 56.0 Å². The van der Waals surface area contributed by atoms with Crippen LogP contribution in [0.3, 0.4) is 0 Å². The first-order valence-electron chi connectivity index (χ1n) is 13.0. The number of nitrogens with zero attached hydrogens (tertiary/aromatic N) is 6. The molecule has 3 aromatic rings. The van der Waals surface area contributed by atoms with Crippen LogP contribution < -0.4 is 21.5 Å². The van der Waals surface area contributed by atoms with Crippen molar-refractivity contribution in [1.82, 2.24) is 24.0 Å². The summed E-state index contributed by atoms with van der Waals surface area (Å²) in [5.41, 5.74) is -1.56. The number of hydrogen-bond donors (Lipinski definition) is 1. The Bertz CT molecular complexity index is 1680. The van der Waals surface area contributed by atoms with E-state index in [-0.39, 0.29) is 41.4 Å². The minimum absolute atomic E-state index is 0.139. The van der Waals surface area contributed by atoms with E-state index in [1.807, 2.05) is 11.0 Å². The normalized spacial score (nSPS) is 15.3. The van der Waals surface area contributed by atoms with Crippen LogP contribution in [0.15, 0.2) is 27.8 Å². The summed E-state index contributed by atoms with van der Waals surface area (Å²) < 4.78 is 23.5. The molecular formula is C28H32FN7O4. The lowest BCUT2D eigenvalue weighted by molar-refractivity contribution is 0.0499. The van der Waals surface area contributed by atoms with Gasteiger partial charge in [0, 0.05) is 26.2 Å². The number of aryl methyl sites for hydroxylation is 1. The smallest absolute Gasteiger partial charge is 0.407 e. The number of carbonyl (C=O) groups is 1. The van der Waals surface area contributed by atoms with Crippen LogP contribution in [-0.4, -0.2) is 49.5 Å². The van der Waals surface area contributed by atoms with E-state index in [2.05, 4.69) is 17.2 Å². The Morgan fingerprint density at radius 3 is 2.70 bits per heavy atom. The molecule has 1 fully saturated rings. The molecule has 0 aliphatic carbocycles. The van der Waals surface area contributed by atoms with E-state index in [4.69, 9.17) is 9.72 Å². The largest absolute Gasteiger partial charge is 0.444 e. The summed E-state index contributed by atoms with van der Waals surface area (Å²) in [4.78, 5) is 46.1. The zero-order chi connectivity index (χ0) is 29.2. The molecule has 0 saturated carbocycles. The molecule has 0 spiro atoms. The summed E-state index contributed by atoms with van der Waals surface area (Å²) in [6.07, 6.45) is 0.984. The number of nitrogens with one attached hydrogen (secondary N) is 1. The fourth-order valence-electron chi connectivity index (χ4n) is 4.80. The number of ether oxygens (including phenoxy) is 1. The number of nitriles is 1. The molecule has 1 N–H and O–H groups in total. The first-order valence-corrected chi connectivity index (χ1v) is 13.0. The monoisotopic (exact) mass is 549 g/mol. The first-order chi connectivity index (χ1) is 18.9. The van der Waals surface area contributed by atoms with Crippen LogP contribution in [0.2, 0.25) is 0 Å². The zero-order valence-corrected chi connectivity index (χ0v) is 23.2. The summed E-state index contributed by atoms with van der Waals surface area (Å²) in [7, 11) is 1.51. The molecule has 1 aliphatic heterocycles. The molecule has 0 bridgehead atoms. The first kappa shape index (κ1) is 28.4. The van der Waals surface area contributed by atoms with Crippen molar-refractivity contribution in [3.8, 4) is 17.9 Å². The van der Waals surface area contributed by atoms with Crippen LogP contribution in [0.25, 0.3) is 11.2 Å². The Balaban J connectivity index is 1.79. The fraction of sp³-hybridized carbons (Fsp3) is 0.464. The van der Waals surface area contributed by atoms with Gasteiger partial charge < -0.3 is 15.0 Å². The number of anilines is 1. The molecule has 1 aliphatic rings. The molecule has 40 heavy (non-hydrogen) atoms. The maximum atomic E-state index is 14.2. The second-order valence-electron chi connectivity index (χ2n) is 10.6. The van der Waals surface area contributed by atoms with Gasteiger partial charge in [-0.1, -0.05) is 18.1 Å². The molecule has 1 aromatic carbocycles. The number of benzene rings is 1. The minimum atomic E-state index is -0.726. The van der Waals surface area contributed by atoms with Crippen molar-refractivity contribution in [1.29, 1.82) is 5.26 Å². The van der Waals surface area contributed by atoms with Gasteiger partial charge in [0.1, 0.15) is 17.5 Å². The lowest BCUT2D eigenvalue weighted by Gasteiger charge is -2.34. The molecule has 1 amide bonds. The van der Waals surface area contributed by atoms with E-state index in [0.717, 1.165) is 23.5 Å². The molecule has 2 aromatic heterocycles. The average Bonchev–Trinajstić information content (AvgIpc) is 3.27. The van der Waals surface area contributed by atoms with Gasteiger partial charge in [-0.3, -0.25) is 18.5 Å². The SMILES string of the molecule is CC#CCn1c(N2CCC[C@@H](NC(=O)OC(C)(C)C)C2)nc2c1c(=O)n(Cc1cccc(F)c1C#N)c(=O)n2C. The van der Waals surface area contributed by atoms with Crippen LogP contribution in [-0.2, 0) is 24.9 Å². The van der Waals surface area contributed by atoms with Crippen molar-refractivity contribution in [3.63, 3.8) is 0 Å². The fourth-order valence-corrected chi connectivity index (χ4v) is 4.80. The molecule has 210 valence electrons. The molecule has 11 nitrogen and oxygen atoms in total. The van der Waals surface area contributed by atoms with E-state index in [1.54, 1.807) is 32.3 Å². The number of halogens is 1. The second-order valence-corrected chi connectivity index (χ2v) is 10.6. The third-order valence-corrected chi connectivity index (χ3v) is 6.59. The number of imidazole rings is 1. The Morgan fingerprint density at radius 2 is 2.02 bits per heavy atom. The van der Waals surface area contributed by atoms with E-state index in [0.29, 0.717) is 19.0 Å². The lowest BCUT2D eigenvalue weighted by Crippen LogP contribution is -2.49.